The van der Waals surface area contributed by atoms with Crippen LogP contribution in [0.3, 0.4) is 0 Å². The van der Waals surface area contributed by atoms with E-state index in [1.54, 1.807) is 13.0 Å². The molecule has 0 amide bonds. The number of rotatable bonds is 1. The van der Waals surface area contributed by atoms with Gasteiger partial charge in [0, 0.05) is 0 Å². The molecule has 0 spiro atoms. The van der Waals surface area contributed by atoms with Gasteiger partial charge in [-0.05, 0) is 24.6 Å². The Bertz CT molecular complexity index is 354. The zero-order valence-electron chi connectivity index (χ0n) is 5.90. The molecule has 59 valence electrons. The molecule has 1 aromatic carbocycles. The van der Waals surface area contributed by atoms with Gasteiger partial charge in [0.25, 0.3) is 10.1 Å². The van der Waals surface area contributed by atoms with Crippen molar-refractivity contribution in [3.63, 3.8) is 0 Å². The maximum Gasteiger partial charge on any atom is 0.294 e. The molecule has 0 aliphatic rings. The first-order chi connectivity index (χ1) is 5.02. The molecule has 0 atom stereocenters. The van der Waals surface area contributed by atoms with E-state index in [-0.39, 0.29) is 4.90 Å². The molecule has 1 radical (unpaired) electrons. The van der Waals surface area contributed by atoms with E-state index in [0.29, 0.717) is 5.56 Å². The van der Waals surface area contributed by atoms with Crippen LogP contribution >= 0.6 is 0 Å². The molecule has 0 aromatic heterocycles. The van der Waals surface area contributed by atoms with Crippen molar-refractivity contribution < 1.29 is 13.0 Å². The summed E-state index contributed by atoms with van der Waals surface area (Å²) in [5.74, 6) is 0. The zero-order valence-corrected chi connectivity index (χ0v) is 6.72. The average Bonchev–Trinajstić information content (AvgIpc) is 1.86. The van der Waals surface area contributed by atoms with Crippen molar-refractivity contribution in [3.8, 4) is 0 Å². The van der Waals surface area contributed by atoms with Crippen molar-refractivity contribution in [1.29, 1.82) is 0 Å². The molecule has 0 heterocycles. The van der Waals surface area contributed by atoms with Gasteiger partial charge >= 0.3 is 0 Å². The first-order valence-corrected chi connectivity index (χ1v) is 4.40. The summed E-state index contributed by atoms with van der Waals surface area (Å²) in [4.78, 5) is -0.0833. The number of hydrogen-bond donors (Lipinski definition) is 1. The predicted molar refractivity (Wildman–Crippen MR) is 39.8 cm³/mol. The second-order valence-electron chi connectivity index (χ2n) is 2.13. The summed E-state index contributed by atoms with van der Waals surface area (Å²) in [6, 6.07) is 7.10. The molecule has 11 heavy (non-hydrogen) atoms. The Kier molecular flexibility index (Phi) is 1.97. The van der Waals surface area contributed by atoms with Crippen LogP contribution in [0.25, 0.3) is 0 Å². The van der Waals surface area contributed by atoms with E-state index < -0.39 is 10.1 Å². The third-order valence-corrected chi connectivity index (χ3v) is 2.29. The second-order valence-corrected chi connectivity index (χ2v) is 3.52. The quantitative estimate of drug-likeness (QED) is 0.642. The molecule has 3 nitrogen and oxygen atoms in total. The number of hydrogen-bond acceptors (Lipinski definition) is 2. The third kappa shape index (κ3) is 1.78. The Morgan fingerprint density at radius 3 is 2.55 bits per heavy atom. The van der Waals surface area contributed by atoms with Gasteiger partial charge in [-0.15, -0.1) is 0 Å². The molecule has 1 aromatic rings. The van der Waals surface area contributed by atoms with Crippen LogP contribution in [0, 0.1) is 13.0 Å². The van der Waals surface area contributed by atoms with Gasteiger partial charge < -0.3 is 0 Å². The molecule has 0 aliphatic heterocycles. The molecule has 0 aliphatic carbocycles. The van der Waals surface area contributed by atoms with Crippen molar-refractivity contribution in [2.75, 3.05) is 0 Å². The maximum atomic E-state index is 10.6. The van der Waals surface area contributed by atoms with E-state index in [4.69, 9.17) is 4.55 Å². The second kappa shape index (κ2) is 2.64. The van der Waals surface area contributed by atoms with Gasteiger partial charge in [-0.25, -0.2) is 0 Å². The third-order valence-electron chi connectivity index (χ3n) is 1.29. The van der Waals surface area contributed by atoms with E-state index in [1.807, 2.05) is 0 Å². The topological polar surface area (TPSA) is 54.4 Å². The Balaban J connectivity index is 3.37. The van der Waals surface area contributed by atoms with Crippen molar-refractivity contribution in [2.45, 2.75) is 11.8 Å². The first-order valence-electron chi connectivity index (χ1n) is 2.96. The van der Waals surface area contributed by atoms with Crippen LogP contribution in [0.1, 0.15) is 5.56 Å². The van der Waals surface area contributed by atoms with Gasteiger partial charge in [-0.2, -0.15) is 8.42 Å². The lowest BCUT2D eigenvalue weighted by atomic mass is 10.2. The minimum absolute atomic E-state index is 0.0833. The Hall–Kier alpha value is -0.870. The van der Waals surface area contributed by atoms with E-state index in [9.17, 15) is 8.42 Å². The van der Waals surface area contributed by atoms with Crippen LogP contribution in [-0.4, -0.2) is 13.0 Å². The monoisotopic (exact) mass is 171 g/mol. The minimum Gasteiger partial charge on any atom is -0.282 e. The van der Waals surface area contributed by atoms with Crippen LogP contribution < -0.4 is 0 Å². The Morgan fingerprint density at radius 1 is 1.55 bits per heavy atom. The molecule has 0 unspecified atom stereocenters. The predicted octanol–water partition coefficient (Wildman–Crippen LogP) is 1.04. The lowest BCUT2D eigenvalue weighted by molar-refractivity contribution is 0.482. The summed E-state index contributed by atoms with van der Waals surface area (Å²) >= 11 is 0. The Labute approximate surface area is 65.4 Å². The highest BCUT2D eigenvalue weighted by atomic mass is 32.2. The number of aryl methyl sites for hydroxylation is 1. The van der Waals surface area contributed by atoms with Crippen LogP contribution in [-0.2, 0) is 10.1 Å². The van der Waals surface area contributed by atoms with Crippen LogP contribution in [0.15, 0.2) is 23.1 Å². The molecule has 0 saturated heterocycles. The van der Waals surface area contributed by atoms with Gasteiger partial charge in [-0.1, -0.05) is 12.1 Å². The van der Waals surface area contributed by atoms with Gasteiger partial charge in [-0.3, -0.25) is 4.55 Å². The smallest absolute Gasteiger partial charge is 0.282 e. The van der Waals surface area contributed by atoms with Crippen LogP contribution in [0.5, 0.6) is 0 Å². The van der Waals surface area contributed by atoms with E-state index in [1.165, 1.54) is 12.1 Å². The molecule has 1 rings (SSSR count). The molecule has 0 saturated carbocycles. The SMILES string of the molecule is Cc1[c]cccc1S(=O)(=O)O. The molecular weight excluding hydrogens is 164 g/mol. The van der Waals surface area contributed by atoms with Crippen molar-refractivity contribution in [3.05, 3.63) is 29.8 Å². The number of benzene rings is 1. The van der Waals surface area contributed by atoms with Crippen molar-refractivity contribution in [2.24, 2.45) is 0 Å². The lowest BCUT2D eigenvalue weighted by Crippen LogP contribution is -1.99. The molecule has 0 bridgehead atoms. The standard InChI is InChI=1S/C7H7O3S/c1-6-4-2-3-5-7(6)11(8,9)10/h2-3,5H,1H3,(H,8,9,10). The minimum atomic E-state index is -4.06. The highest BCUT2D eigenvalue weighted by molar-refractivity contribution is 7.85. The fourth-order valence-corrected chi connectivity index (χ4v) is 1.48. The normalized spacial score (nSPS) is 11.5. The fraction of sp³-hybridized carbons (Fsp3) is 0.143. The molecule has 1 N–H and O–H groups in total. The highest BCUT2D eigenvalue weighted by Crippen LogP contribution is 2.11. The van der Waals surface area contributed by atoms with E-state index in [0.717, 1.165) is 0 Å². The molecule has 4 heteroatoms. The summed E-state index contributed by atoms with van der Waals surface area (Å²) in [5.41, 5.74) is 0.426. The largest absolute Gasteiger partial charge is 0.294 e. The zero-order chi connectivity index (χ0) is 8.48. The fourth-order valence-electron chi connectivity index (χ4n) is 0.784. The van der Waals surface area contributed by atoms with Crippen molar-refractivity contribution in [1.82, 2.24) is 0 Å². The summed E-state index contributed by atoms with van der Waals surface area (Å²) < 4.78 is 29.8. The van der Waals surface area contributed by atoms with Crippen molar-refractivity contribution >= 4 is 10.1 Å². The first kappa shape index (κ1) is 8.23. The molecular formula is C7H7O3S. The maximum absolute atomic E-state index is 10.6. The van der Waals surface area contributed by atoms with Crippen LogP contribution in [0.4, 0.5) is 0 Å². The highest BCUT2D eigenvalue weighted by Gasteiger charge is 2.10. The summed E-state index contributed by atoms with van der Waals surface area (Å²) in [5, 5.41) is 0. The summed E-state index contributed by atoms with van der Waals surface area (Å²) in [6.45, 7) is 1.57. The van der Waals surface area contributed by atoms with Gasteiger partial charge in [0.15, 0.2) is 0 Å². The van der Waals surface area contributed by atoms with Gasteiger partial charge in [0.2, 0.25) is 0 Å². The summed E-state index contributed by atoms with van der Waals surface area (Å²) in [7, 11) is -4.06. The lowest BCUT2D eigenvalue weighted by Gasteiger charge is -1.98. The van der Waals surface area contributed by atoms with Gasteiger partial charge in [0.1, 0.15) is 0 Å². The van der Waals surface area contributed by atoms with Crippen LogP contribution in [0.2, 0.25) is 0 Å². The average molecular weight is 171 g/mol. The van der Waals surface area contributed by atoms with E-state index >= 15 is 0 Å². The van der Waals surface area contributed by atoms with Gasteiger partial charge in [0.05, 0.1) is 4.90 Å². The molecule has 0 fully saturated rings. The summed E-state index contributed by atoms with van der Waals surface area (Å²) in [6.07, 6.45) is 0. The Morgan fingerprint density at radius 2 is 2.18 bits per heavy atom. The van der Waals surface area contributed by atoms with E-state index in [2.05, 4.69) is 6.07 Å².